The fourth-order valence-corrected chi connectivity index (χ4v) is 3.94. The fourth-order valence-electron chi connectivity index (χ4n) is 3.94. The van der Waals surface area contributed by atoms with Gasteiger partial charge in [-0.3, -0.25) is 0 Å². The van der Waals surface area contributed by atoms with Gasteiger partial charge in [-0.2, -0.15) is 0 Å². The number of hydrogen-bond donors (Lipinski definition) is 1. The van der Waals surface area contributed by atoms with Crippen LogP contribution in [-0.4, -0.2) is 43.4 Å². The van der Waals surface area contributed by atoms with Gasteiger partial charge in [-0.25, -0.2) is 4.79 Å². The number of nitrogens with zero attached hydrogens (tertiary/aromatic N) is 2. The number of ether oxygens (including phenoxy) is 3. The number of carbonyl (C=O) groups is 1. The highest BCUT2D eigenvalue weighted by Gasteiger charge is 2.32. The predicted octanol–water partition coefficient (Wildman–Crippen LogP) is 4.15. The number of carbonyl (C=O) groups excluding carboxylic acids is 1. The molecule has 4 rings (SSSR count). The summed E-state index contributed by atoms with van der Waals surface area (Å²) in [6, 6.07) is 17.2. The van der Waals surface area contributed by atoms with Gasteiger partial charge in [0.15, 0.2) is 11.5 Å². The van der Waals surface area contributed by atoms with Gasteiger partial charge in [0.2, 0.25) is 5.75 Å². The first-order valence-corrected chi connectivity index (χ1v) is 9.74. The first kappa shape index (κ1) is 19.7. The normalized spacial score (nSPS) is 15.3. The molecule has 2 aromatic carbocycles. The molecule has 156 valence electrons. The van der Waals surface area contributed by atoms with Crippen molar-refractivity contribution in [3.63, 3.8) is 0 Å². The lowest BCUT2D eigenvalue weighted by Gasteiger charge is -2.37. The van der Waals surface area contributed by atoms with Gasteiger partial charge in [0, 0.05) is 37.1 Å². The third kappa shape index (κ3) is 3.54. The van der Waals surface area contributed by atoms with Crippen LogP contribution in [0.2, 0.25) is 0 Å². The Kier molecular flexibility index (Phi) is 5.52. The van der Waals surface area contributed by atoms with E-state index >= 15 is 0 Å². The van der Waals surface area contributed by atoms with Gasteiger partial charge in [-0.15, -0.1) is 0 Å². The Bertz CT molecular complexity index is 1010. The zero-order valence-corrected chi connectivity index (χ0v) is 17.3. The molecule has 0 fully saturated rings. The molecule has 2 heterocycles. The summed E-state index contributed by atoms with van der Waals surface area (Å²) in [6.45, 7) is 1.34. The molecule has 30 heavy (non-hydrogen) atoms. The van der Waals surface area contributed by atoms with Crippen LogP contribution in [0.1, 0.15) is 17.3 Å². The van der Waals surface area contributed by atoms with Crippen LogP contribution in [0, 0.1) is 0 Å². The SMILES string of the molecule is COc1cc(NC(=O)N2CCn3cccc3C2c2ccccc2)cc(OC)c1OC. The lowest BCUT2D eigenvalue weighted by Crippen LogP contribution is -2.44. The topological polar surface area (TPSA) is 65.0 Å². The molecule has 0 radical (unpaired) electrons. The van der Waals surface area contributed by atoms with Crippen LogP contribution in [0.15, 0.2) is 60.8 Å². The number of nitrogens with one attached hydrogen (secondary N) is 1. The maximum Gasteiger partial charge on any atom is 0.322 e. The molecule has 2 amide bonds. The van der Waals surface area contributed by atoms with Crippen molar-refractivity contribution < 1.29 is 19.0 Å². The summed E-state index contributed by atoms with van der Waals surface area (Å²) in [7, 11) is 4.65. The summed E-state index contributed by atoms with van der Waals surface area (Å²) < 4.78 is 18.4. The second-order valence-electron chi connectivity index (χ2n) is 6.98. The van der Waals surface area contributed by atoms with Crippen molar-refractivity contribution in [2.75, 3.05) is 33.2 Å². The van der Waals surface area contributed by atoms with Gasteiger partial charge in [0.05, 0.1) is 33.1 Å². The van der Waals surface area contributed by atoms with E-state index in [9.17, 15) is 4.79 Å². The standard InChI is InChI=1S/C23H25N3O4/c1-28-19-14-17(15-20(29-2)22(19)30-3)24-23(27)26-13-12-25-11-7-10-18(25)21(26)16-8-5-4-6-9-16/h4-11,14-15,21H,12-13H2,1-3H3,(H,24,27). The van der Waals surface area contributed by atoms with E-state index < -0.39 is 0 Å². The van der Waals surface area contributed by atoms with Crippen molar-refractivity contribution in [2.45, 2.75) is 12.6 Å². The van der Waals surface area contributed by atoms with Gasteiger partial charge in [-0.05, 0) is 17.7 Å². The Hall–Kier alpha value is -3.61. The van der Waals surface area contributed by atoms with Crippen LogP contribution < -0.4 is 19.5 Å². The lowest BCUT2D eigenvalue weighted by atomic mass is 10.0. The molecule has 0 saturated heterocycles. The monoisotopic (exact) mass is 407 g/mol. The third-order valence-corrected chi connectivity index (χ3v) is 5.33. The number of hydrogen-bond acceptors (Lipinski definition) is 4. The van der Waals surface area contributed by atoms with Gasteiger partial charge in [0.25, 0.3) is 0 Å². The molecule has 0 bridgehead atoms. The maximum atomic E-state index is 13.3. The largest absolute Gasteiger partial charge is 0.493 e. The minimum absolute atomic E-state index is 0.169. The maximum absolute atomic E-state index is 13.3. The van der Waals surface area contributed by atoms with E-state index in [0.29, 0.717) is 29.5 Å². The molecule has 7 nitrogen and oxygen atoms in total. The van der Waals surface area contributed by atoms with E-state index in [-0.39, 0.29) is 12.1 Å². The molecule has 1 atom stereocenters. The van der Waals surface area contributed by atoms with Crippen LogP contribution in [-0.2, 0) is 6.54 Å². The fraction of sp³-hybridized carbons (Fsp3) is 0.261. The summed E-state index contributed by atoms with van der Waals surface area (Å²) >= 11 is 0. The van der Waals surface area contributed by atoms with Gasteiger partial charge >= 0.3 is 6.03 Å². The first-order chi connectivity index (χ1) is 14.7. The molecule has 0 spiro atoms. The van der Waals surface area contributed by atoms with Crippen molar-refractivity contribution in [3.8, 4) is 17.2 Å². The van der Waals surface area contributed by atoms with Crippen molar-refractivity contribution in [2.24, 2.45) is 0 Å². The average molecular weight is 407 g/mol. The van der Waals surface area contributed by atoms with Crippen LogP contribution in [0.4, 0.5) is 10.5 Å². The number of aromatic nitrogens is 1. The first-order valence-electron chi connectivity index (χ1n) is 9.74. The molecular weight excluding hydrogens is 382 g/mol. The molecule has 0 saturated carbocycles. The Morgan fingerprint density at radius 1 is 0.933 bits per heavy atom. The quantitative estimate of drug-likeness (QED) is 0.690. The van der Waals surface area contributed by atoms with E-state index in [1.807, 2.05) is 41.3 Å². The number of benzene rings is 2. The molecule has 7 heteroatoms. The Labute approximate surface area is 175 Å². The van der Waals surface area contributed by atoms with Crippen LogP contribution >= 0.6 is 0 Å². The highest BCUT2D eigenvalue weighted by Crippen LogP contribution is 2.40. The summed E-state index contributed by atoms with van der Waals surface area (Å²) in [6.07, 6.45) is 2.06. The van der Waals surface area contributed by atoms with E-state index in [4.69, 9.17) is 14.2 Å². The van der Waals surface area contributed by atoms with Gasteiger partial charge < -0.3 is 29.0 Å². The second kappa shape index (κ2) is 8.41. The lowest BCUT2D eigenvalue weighted by molar-refractivity contribution is 0.182. The summed E-state index contributed by atoms with van der Waals surface area (Å²) in [5.74, 6) is 1.45. The van der Waals surface area contributed by atoms with Gasteiger partial charge in [-0.1, -0.05) is 30.3 Å². The molecular formula is C23H25N3O4. The number of fused-ring (bicyclic) bond motifs is 1. The molecule has 0 aliphatic carbocycles. The number of anilines is 1. The number of amides is 2. The van der Waals surface area contributed by atoms with Crippen LogP contribution in [0.25, 0.3) is 0 Å². The van der Waals surface area contributed by atoms with Crippen molar-refractivity contribution >= 4 is 11.7 Å². The third-order valence-electron chi connectivity index (χ3n) is 5.33. The highest BCUT2D eigenvalue weighted by molar-refractivity contribution is 5.91. The Morgan fingerprint density at radius 2 is 1.63 bits per heavy atom. The molecule has 1 aromatic heterocycles. The molecule has 1 unspecified atom stereocenters. The van der Waals surface area contributed by atoms with Crippen LogP contribution in [0.3, 0.4) is 0 Å². The zero-order chi connectivity index (χ0) is 21.1. The smallest absolute Gasteiger partial charge is 0.322 e. The van der Waals surface area contributed by atoms with E-state index in [2.05, 4.69) is 22.1 Å². The van der Waals surface area contributed by atoms with E-state index in [1.165, 1.54) is 0 Å². The minimum atomic E-state index is -0.189. The van der Waals surface area contributed by atoms with Crippen molar-refractivity contribution in [1.82, 2.24) is 9.47 Å². The summed E-state index contributed by atoms with van der Waals surface area (Å²) in [4.78, 5) is 15.2. The summed E-state index contributed by atoms with van der Waals surface area (Å²) in [5, 5.41) is 3.00. The molecule has 1 aliphatic rings. The number of urea groups is 1. The Balaban J connectivity index is 1.66. The highest BCUT2D eigenvalue weighted by atomic mass is 16.5. The van der Waals surface area contributed by atoms with Crippen molar-refractivity contribution in [1.29, 1.82) is 0 Å². The second-order valence-corrected chi connectivity index (χ2v) is 6.98. The zero-order valence-electron chi connectivity index (χ0n) is 17.3. The number of rotatable bonds is 5. The Morgan fingerprint density at radius 3 is 2.27 bits per heavy atom. The number of methoxy groups -OCH3 is 3. The average Bonchev–Trinajstić information content (AvgIpc) is 3.27. The van der Waals surface area contributed by atoms with Crippen LogP contribution in [0.5, 0.6) is 17.2 Å². The summed E-state index contributed by atoms with van der Waals surface area (Å²) in [5.41, 5.74) is 2.73. The van der Waals surface area contributed by atoms with E-state index in [1.54, 1.807) is 33.5 Å². The minimum Gasteiger partial charge on any atom is -0.493 e. The van der Waals surface area contributed by atoms with Crippen molar-refractivity contribution in [3.05, 3.63) is 72.1 Å². The van der Waals surface area contributed by atoms with Gasteiger partial charge in [0.1, 0.15) is 0 Å². The predicted molar refractivity (Wildman–Crippen MR) is 115 cm³/mol. The molecule has 1 aliphatic heterocycles. The molecule has 1 N–H and O–H groups in total. The molecule has 3 aromatic rings. The van der Waals surface area contributed by atoms with E-state index in [0.717, 1.165) is 17.8 Å².